The Morgan fingerprint density at radius 3 is 2.27 bits per heavy atom. The van der Waals surface area contributed by atoms with E-state index in [1.54, 1.807) is 0 Å². The zero-order chi connectivity index (χ0) is 8.43. The molecule has 0 aromatic rings. The molecule has 0 amide bonds. The molecule has 0 saturated carbocycles. The number of nitrogens with zero attached hydrogens (tertiary/aromatic N) is 1. The van der Waals surface area contributed by atoms with Crippen LogP contribution >= 0.6 is 15.9 Å². The topological polar surface area (TPSA) is 3.01 Å². The van der Waals surface area contributed by atoms with Crippen LogP contribution in [0, 0.1) is 0 Å². The molecule has 0 bridgehead atoms. The number of allylic oxidation sites excluding steroid dienone is 2. The summed E-state index contributed by atoms with van der Waals surface area (Å²) in [5, 5.41) is 0. The Hall–Kier alpha value is -0.0800. The minimum atomic E-state index is 0.658. The van der Waals surface area contributed by atoms with Crippen molar-refractivity contribution in [1.82, 2.24) is 4.90 Å². The van der Waals surface area contributed by atoms with Crippen LogP contribution < -0.4 is 0 Å². The van der Waals surface area contributed by atoms with Gasteiger partial charge < -0.3 is 0 Å². The maximum absolute atomic E-state index is 3.54. The standard InChI is InChI=1S/C9H14BrN/c1-4-7(8(10)5-2)9-6-11(9)3/h4-5,9H,6H2,1-3H3. The van der Waals surface area contributed by atoms with Crippen molar-refractivity contribution < 1.29 is 0 Å². The predicted molar refractivity (Wildman–Crippen MR) is 52.9 cm³/mol. The number of hydrogen-bond donors (Lipinski definition) is 0. The molecule has 0 aliphatic carbocycles. The lowest BCUT2D eigenvalue weighted by Gasteiger charge is -2.02. The minimum Gasteiger partial charge on any atom is -0.296 e. The third-order valence-corrected chi connectivity index (χ3v) is 2.97. The van der Waals surface area contributed by atoms with E-state index in [-0.39, 0.29) is 0 Å². The molecule has 1 saturated heterocycles. The van der Waals surface area contributed by atoms with Gasteiger partial charge in [0, 0.05) is 17.1 Å². The minimum absolute atomic E-state index is 0.658. The highest BCUT2D eigenvalue weighted by Crippen LogP contribution is 2.30. The van der Waals surface area contributed by atoms with Crippen LogP contribution in [0.4, 0.5) is 0 Å². The van der Waals surface area contributed by atoms with Gasteiger partial charge >= 0.3 is 0 Å². The first kappa shape index (κ1) is 9.01. The van der Waals surface area contributed by atoms with E-state index in [1.807, 2.05) is 0 Å². The van der Waals surface area contributed by atoms with Gasteiger partial charge in [0.05, 0.1) is 0 Å². The predicted octanol–water partition coefficient (Wildman–Crippen LogP) is 2.55. The van der Waals surface area contributed by atoms with Gasteiger partial charge in [-0.25, -0.2) is 0 Å². The molecule has 0 spiro atoms. The maximum atomic E-state index is 3.54. The van der Waals surface area contributed by atoms with Gasteiger partial charge in [-0.15, -0.1) is 0 Å². The fourth-order valence-corrected chi connectivity index (χ4v) is 1.71. The fraction of sp³-hybridized carbons (Fsp3) is 0.556. The summed E-state index contributed by atoms with van der Waals surface area (Å²) in [4.78, 5) is 2.32. The number of likely N-dealkylation sites (N-methyl/N-ethyl adjacent to an activating group) is 1. The zero-order valence-corrected chi connectivity index (χ0v) is 8.85. The van der Waals surface area contributed by atoms with Gasteiger partial charge in [-0.1, -0.05) is 28.1 Å². The molecule has 62 valence electrons. The first-order chi connectivity index (χ1) is 5.20. The normalized spacial score (nSPS) is 32.4. The van der Waals surface area contributed by atoms with Gasteiger partial charge in [0.25, 0.3) is 0 Å². The van der Waals surface area contributed by atoms with E-state index in [9.17, 15) is 0 Å². The van der Waals surface area contributed by atoms with E-state index in [0.29, 0.717) is 6.04 Å². The maximum Gasteiger partial charge on any atom is 0.0480 e. The lowest BCUT2D eigenvalue weighted by Crippen LogP contribution is -1.98. The molecule has 1 fully saturated rings. The molecule has 1 rings (SSSR count). The van der Waals surface area contributed by atoms with Crippen molar-refractivity contribution in [3.63, 3.8) is 0 Å². The molecule has 11 heavy (non-hydrogen) atoms. The zero-order valence-electron chi connectivity index (χ0n) is 7.26. The van der Waals surface area contributed by atoms with E-state index >= 15 is 0 Å². The molecular formula is C9H14BrN. The van der Waals surface area contributed by atoms with Gasteiger partial charge in [-0.3, -0.25) is 4.90 Å². The second-order valence-corrected chi connectivity index (χ2v) is 3.69. The van der Waals surface area contributed by atoms with Crippen molar-refractivity contribution in [3.8, 4) is 0 Å². The first-order valence-electron chi connectivity index (χ1n) is 3.89. The highest BCUT2D eigenvalue weighted by molar-refractivity contribution is 9.12. The van der Waals surface area contributed by atoms with Crippen LogP contribution in [0.25, 0.3) is 0 Å². The first-order valence-corrected chi connectivity index (χ1v) is 4.68. The van der Waals surface area contributed by atoms with Crippen molar-refractivity contribution >= 4 is 15.9 Å². The molecular weight excluding hydrogens is 202 g/mol. The Morgan fingerprint density at radius 1 is 1.45 bits per heavy atom. The van der Waals surface area contributed by atoms with E-state index in [0.717, 1.165) is 0 Å². The van der Waals surface area contributed by atoms with E-state index in [1.165, 1.54) is 16.6 Å². The third-order valence-electron chi connectivity index (χ3n) is 2.06. The number of rotatable bonds is 2. The summed E-state index contributed by atoms with van der Waals surface area (Å²) in [5.41, 5.74) is 1.41. The Bertz CT molecular complexity index is 206. The molecule has 1 aliphatic rings. The lowest BCUT2D eigenvalue weighted by atomic mass is 10.2. The second kappa shape index (κ2) is 3.55. The van der Waals surface area contributed by atoms with E-state index in [2.05, 4.69) is 53.9 Å². The summed E-state index contributed by atoms with van der Waals surface area (Å²) in [6, 6.07) is 0.658. The summed E-state index contributed by atoms with van der Waals surface area (Å²) in [6.07, 6.45) is 4.28. The van der Waals surface area contributed by atoms with Crippen molar-refractivity contribution in [1.29, 1.82) is 0 Å². The molecule has 0 radical (unpaired) electrons. The molecule has 1 aliphatic heterocycles. The average Bonchev–Trinajstić information content (AvgIpc) is 2.68. The molecule has 1 nitrogen and oxygen atoms in total. The van der Waals surface area contributed by atoms with Crippen molar-refractivity contribution in [2.24, 2.45) is 0 Å². The highest BCUT2D eigenvalue weighted by atomic mass is 79.9. The van der Waals surface area contributed by atoms with Crippen LogP contribution in [0.15, 0.2) is 22.2 Å². The summed E-state index contributed by atoms with van der Waals surface area (Å²) in [5.74, 6) is 0. The molecule has 2 heteroatoms. The summed E-state index contributed by atoms with van der Waals surface area (Å²) < 4.78 is 1.23. The summed E-state index contributed by atoms with van der Waals surface area (Å²) in [7, 11) is 2.14. The van der Waals surface area contributed by atoms with E-state index < -0.39 is 0 Å². The van der Waals surface area contributed by atoms with Crippen molar-refractivity contribution in [2.75, 3.05) is 13.6 Å². The molecule has 2 unspecified atom stereocenters. The van der Waals surface area contributed by atoms with Gasteiger partial charge in [-0.05, 0) is 26.5 Å². The third kappa shape index (κ3) is 1.94. The average molecular weight is 216 g/mol. The Kier molecular flexibility index (Phi) is 2.90. The van der Waals surface area contributed by atoms with Gasteiger partial charge in [0.2, 0.25) is 0 Å². The number of halogens is 1. The number of hydrogen-bond acceptors (Lipinski definition) is 1. The van der Waals surface area contributed by atoms with Gasteiger partial charge in [0.1, 0.15) is 0 Å². The smallest absolute Gasteiger partial charge is 0.0480 e. The monoisotopic (exact) mass is 215 g/mol. The van der Waals surface area contributed by atoms with Crippen molar-refractivity contribution in [3.05, 3.63) is 22.2 Å². The van der Waals surface area contributed by atoms with Crippen LogP contribution in [-0.4, -0.2) is 24.5 Å². The lowest BCUT2D eigenvalue weighted by molar-refractivity contribution is 0.651. The Labute approximate surface area is 76.9 Å². The highest BCUT2D eigenvalue weighted by Gasteiger charge is 2.33. The SMILES string of the molecule is CC=C(Br)C(=CC)C1CN1C. The van der Waals surface area contributed by atoms with Gasteiger partial charge in [0.15, 0.2) is 0 Å². The summed E-state index contributed by atoms with van der Waals surface area (Å²) in [6.45, 7) is 5.34. The largest absolute Gasteiger partial charge is 0.296 e. The summed E-state index contributed by atoms with van der Waals surface area (Å²) >= 11 is 3.54. The van der Waals surface area contributed by atoms with Crippen LogP contribution in [-0.2, 0) is 0 Å². The Morgan fingerprint density at radius 2 is 2.00 bits per heavy atom. The molecule has 0 aromatic carbocycles. The van der Waals surface area contributed by atoms with Gasteiger partial charge in [-0.2, -0.15) is 0 Å². The molecule has 1 heterocycles. The van der Waals surface area contributed by atoms with Crippen LogP contribution in [0.2, 0.25) is 0 Å². The van der Waals surface area contributed by atoms with Crippen LogP contribution in [0.5, 0.6) is 0 Å². The molecule has 2 atom stereocenters. The Balaban J connectivity index is 2.66. The van der Waals surface area contributed by atoms with Crippen molar-refractivity contribution in [2.45, 2.75) is 19.9 Å². The van der Waals surface area contributed by atoms with E-state index in [4.69, 9.17) is 0 Å². The fourth-order valence-electron chi connectivity index (χ4n) is 1.22. The van der Waals surface area contributed by atoms with Crippen LogP contribution in [0.1, 0.15) is 13.8 Å². The second-order valence-electron chi connectivity index (χ2n) is 2.84. The quantitative estimate of drug-likeness (QED) is 0.506. The molecule has 0 N–H and O–H groups in total. The molecule has 0 aromatic heterocycles. The van der Waals surface area contributed by atoms with Crippen LogP contribution in [0.3, 0.4) is 0 Å².